The van der Waals surface area contributed by atoms with Crippen LogP contribution in [0.5, 0.6) is 0 Å². The first-order valence-electron chi connectivity index (χ1n) is 4.47. The molecule has 0 aromatic carbocycles. The lowest BCUT2D eigenvalue weighted by Crippen LogP contribution is -2.21. The molecule has 0 aliphatic heterocycles. The first-order chi connectivity index (χ1) is 6.20. The van der Waals surface area contributed by atoms with Crippen LogP contribution in [0.2, 0.25) is 0 Å². The second kappa shape index (κ2) is 4.08. The first kappa shape index (κ1) is 9.78. The van der Waals surface area contributed by atoms with Gasteiger partial charge in [0.1, 0.15) is 5.49 Å². The van der Waals surface area contributed by atoms with Gasteiger partial charge < -0.3 is 4.57 Å². The molecule has 0 N–H and O–H groups in total. The van der Waals surface area contributed by atoms with Gasteiger partial charge in [-0.25, -0.2) is 0 Å². The number of hydrogen-bond donors (Lipinski definition) is 0. The van der Waals surface area contributed by atoms with Crippen molar-refractivity contribution in [2.75, 3.05) is 7.05 Å². The zero-order valence-electron chi connectivity index (χ0n) is 8.49. The molecule has 0 aliphatic rings. The highest BCUT2D eigenvalue weighted by molar-refractivity contribution is 5.23. The normalized spacial score (nSPS) is 12.2. The van der Waals surface area contributed by atoms with Gasteiger partial charge in [-0.3, -0.25) is 4.99 Å². The van der Waals surface area contributed by atoms with Crippen molar-refractivity contribution >= 4 is 6.20 Å². The Bertz CT molecular complexity index is 359. The van der Waals surface area contributed by atoms with Gasteiger partial charge >= 0.3 is 0 Å². The summed E-state index contributed by atoms with van der Waals surface area (Å²) in [6.45, 7) is 8.07. The van der Waals surface area contributed by atoms with E-state index in [1.165, 1.54) is 5.56 Å². The van der Waals surface area contributed by atoms with Crippen molar-refractivity contribution in [2.24, 2.45) is 4.99 Å². The van der Waals surface area contributed by atoms with E-state index in [2.05, 4.69) is 31.5 Å². The summed E-state index contributed by atoms with van der Waals surface area (Å²) < 4.78 is 1.94. The molecule has 1 aromatic rings. The summed E-state index contributed by atoms with van der Waals surface area (Å²) >= 11 is 0. The molecule has 2 nitrogen and oxygen atoms in total. The van der Waals surface area contributed by atoms with Crippen molar-refractivity contribution in [3.63, 3.8) is 0 Å². The zero-order valence-corrected chi connectivity index (χ0v) is 8.49. The van der Waals surface area contributed by atoms with Crippen LogP contribution >= 0.6 is 0 Å². The van der Waals surface area contributed by atoms with E-state index in [4.69, 9.17) is 0 Å². The minimum atomic E-state index is 0.492. The molecular formula is C11H16N2. The number of aromatic nitrogens is 1. The molecule has 70 valence electrons. The Hall–Kier alpha value is -1.31. The van der Waals surface area contributed by atoms with Crippen LogP contribution in [0, 0.1) is 0 Å². The molecule has 0 radical (unpaired) electrons. The fourth-order valence-electron chi connectivity index (χ4n) is 1.38. The lowest BCUT2D eigenvalue weighted by Gasteiger charge is -2.08. The fraction of sp³-hybridized carbons (Fsp3) is 0.364. The van der Waals surface area contributed by atoms with Gasteiger partial charge in [0.05, 0.1) is 0 Å². The van der Waals surface area contributed by atoms with Crippen LogP contribution in [0.3, 0.4) is 0 Å². The maximum absolute atomic E-state index is 4.25. The highest BCUT2D eigenvalue weighted by Crippen LogP contribution is 2.08. The van der Waals surface area contributed by atoms with Gasteiger partial charge in [-0.05, 0) is 17.5 Å². The van der Waals surface area contributed by atoms with Crippen LogP contribution in [-0.2, 0) is 0 Å². The topological polar surface area (TPSA) is 17.3 Å². The molecule has 13 heavy (non-hydrogen) atoms. The molecule has 1 rings (SSSR count). The van der Waals surface area contributed by atoms with Crippen LogP contribution in [0.25, 0.3) is 6.20 Å². The lowest BCUT2D eigenvalue weighted by molar-refractivity contribution is 0.812. The van der Waals surface area contributed by atoms with Gasteiger partial charge in [0.2, 0.25) is 0 Å². The third-order valence-corrected chi connectivity index (χ3v) is 2.06. The second-order valence-corrected chi connectivity index (χ2v) is 3.26. The Morgan fingerprint density at radius 1 is 1.54 bits per heavy atom. The quantitative estimate of drug-likeness (QED) is 0.657. The molecule has 2 heteroatoms. The van der Waals surface area contributed by atoms with Gasteiger partial charge in [0.15, 0.2) is 0 Å². The molecule has 0 saturated carbocycles. The van der Waals surface area contributed by atoms with E-state index in [0.29, 0.717) is 5.92 Å². The second-order valence-electron chi connectivity index (χ2n) is 3.26. The Morgan fingerprint density at radius 2 is 2.23 bits per heavy atom. The Labute approximate surface area is 79.3 Å². The first-order valence-corrected chi connectivity index (χ1v) is 4.47. The van der Waals surface area contributed by atoms with Crippen molar-refractivity contribution < 1.29 is 0 Å². The van der Waals surface area contributed by atoms with E-state index in [0.717, 1.165) is 5.49 Å². The SMILES string of the molecule is C=Cn1cccc(C(C)C)c1=NC. The minimum absolute atomic E-state index is 0.492. The molecule has 1 heterocycles. The standard InChI is InChI=1S/C11H16N2/c1-5-13-8-6-7-10(9(2)3)11(13)12-4/h5-9H,1H2,2-4H3. The van der Waals surface area contributed by atoms with Gasteiger partial charge in [-0.15, -0.1) is 0 Å². The highest BCUT2D eigenvalue weighted by Gasteiger charge is 2.02. The third-order valence-electron chi connectivity index (χ3n) is 2.06. The van der Waals surface area contributed by atoms with Crippen LogP contribution in [0.4, 0.5) is 0 Å². The molecule has 0 unspecified atom stereocenters. The number of nitrogens with zero attached hydrogens (tertiary/aromatic N) is 2. The van der Waals surface area contributed by atoms with E-state index >= 15 is 0 Å². The van der Waals surface area contributed by atoms with Gasteiger partial charge in [0.25, 0.3) is 0 Å². The number of pyridine rings is 1. The summed E-state index contributed by atoms with van der Waals surface area (Å²) in [4.78, 5) is 4.25. The van der Waals surface area contributed by atoms with E-state index in [-0.39, 0.29) is 0 Å². The van der Waals surface area contributed by atoms with Crippen LogP contribution < -0.4 is 5.49 Å². The number of hydrogen-bond acceptors (Lipinski definition) is 1. The molecule has 0 atom stereocenters. The maximum atomic E-state index is 4.25. The van der Waals surface area contributed by atoms with Crippen LogP contribution in [0.1, 0.15) is 25.3 Å². The van der Waals surface area contributed by atoms with E-state index in [9.17, 15) is 0 Å². The summed E-state index contributed by atoms with van der Waals surface area (Å²) in [5.74, 6) is 0.492. The Morgan fingerprint density at radius 3 is 2.69 bits per heavy atom. The molecule has 0 saturated heterocycles. The zero-order chi connectivity index (χ0) is 9.84. The Balaban J connectivity index is 3.46. The van der Waals surface area contributed by atoms with Crippen molar-refractivity contribution in [2.45, 2.75) is 19.8 Å². The summed E-state index contributed by atoms with van der Waals surface area (Å²) in [6, 6.07) is 4.12. The fourth-order valence-corrected chi connectivity index (χ4v) is 1.38. The number of rotatable bonds is 2. The van der Waals surface area contributed by atoms with E-state index in [1.54, 1.807) is 13.2 Å². The van der Waals surface area contributed by atoms with Gasteiger partial charge in [-0.2, -0.15) is 0 Å². The van der Waals surface area contributed by atoms with E-state index in [1.807, 2.05) is 16.8 Å². The predicted molar refractivity (Wildman–Crippen MR) is 56.4 cm³/mol. The average molecular weight is 176 g/mol. The third kappa shape index (κ3) is 1.89. The predicted octanol–water partition coefficient (Wildman–Crippen LogP) is 2.24. The monoisotopic (exact) mass is 176 g/mol. The average Bonchev–Trinajstić information content (AvgIpc) is 2.16. The Kier molecular flexibility index (Phi) is 3.07. The summed E-state index contributed by atoms with van der Waals surface area (Å²) in [7, 11) is 1.81. The molecule has 0 bridgehead atoms. The van der Waals surface area contributed by atoms with Crippen molar-refractivity contribution in [3.8, 4) is 0 Å². The molecule has 0 aliphatic carbocycles. The highest BCUT2D eigenvalue weighted by atomic mass is 15.0. The van der Waals surface area contributed by atoms with Crippen LogP contribution in [0.15, 0.2) is 29.9 Å². The van der Waals surface area contributed by atoms with Gasteiger partial charge in [0, 0.05) is 19.4 Å². The lowest BCUT2D eigenvalue weighted by atomic mass is 10.1. The van der Waals surface area contributed by atoms with Crippen LogP contribution in [-0.4, -0.2) is 11.6 Å². The molecule has 1 aromatic heterocycles. The molecule has 0 amide bonds. The van der Waals surface area contributed by atoms with Gasteiger partial charge in [-0.1, -0.05) is 26.5 Å². The summed E-state index contributed by atoms with van der Waals surface area (Å²) in [5, 5.41) is 0. The molecule has 0 fully saturated rings. The smallest absolute Gasteiger partial charge is 0.134 e. The van der Waals surface area contributed by atoms with E-state index < -0.39 is 0 Å². The molecule has 0 spiro atoms. The summed E-state index contributed by atoms with van der Waals surface area (Å²) in [5.41, 5.74) is 2.25. The van der Waals surface area contributed by atoms with Crippen molar-refractivity contribution in [3.05, 3.63) is 36.0 Å². The van der Waals surface area contributed by atoms with Crippen molar-refractivity contribution in [1.29, 1.82) is 0 Å². The maximum Gasteiger partial charge on any atom is 0.134 e. The minimum Gasteiger partial charge on any atom is -0.309 e. The molecular weight excluding hydrogens is 160 g/mol. The summed E-state index contributed by atoms with van der Waals surface area (Å²) in [6.07, 6.45) is 3.73. The van der Waals surface area contributed by atoms with Crippen molar-refractivity contribution in [1.82, 2.24) is 4.57 Å². The largest absolute Gasteiger partial charge is 0.309 e.